The number of aromatic nitrogens is 4. The summed E-state index contributed by atoms with van der Waals surface area (Å²) in [7, 11) is 4.63. The second-order valence-electron chi connectivity index (χ2n) is 7.09. The molecular formula is C24H23N5O4. The van der Waals surface area contributed by atoms with Gasteiger partial charge in [0.25, 0.3) is 0 Å². The maximum atomic E-state index is 12.4. The summed E-state index contributed by atoms with van der Waals surface area (Å²) in [6.45, 7) is 1.85. The van der Waals surface area contributed by atoms with Crippen molar-refractivity contribution in [2.75, 3.05) is 26.6 Å². The fraction of sp³-hybridized carbons (Fsp3) is 0.167. The minimum Gasteiger partial charge on any atom is -0.493 e. The number of nitrogens with zero attached hydrogens (tertiary/aromatic N) is 4. The van der Waals surface area contributed by atoms with Gasteiger partial charge < -0.3 is 19.5 Å². The van der Waals surface area contributed by atoms with E-state index in [2.05, 4.69) is 20.6 Å². The molecule has 4 aromatic rings. The monoisotopic (exact) mass is 445 g/mol. The topological polar surface area (TPSA) is 99.9 Å². The van der Waals surface area contributed by atoms with Gasteiger partial charge in [-0.1, -0.05) is 12.1 Å². The Balaban J connectivity index is 1.46. The highest BCUT2D eigenvalue weighted by Gasteiger charge is 2.12. The highest BCUT2D eigenvalue weighted by atomic mass is 16.5. The molecule has 168 valence electrons. The van der Waals surface area contributed by atoms with Crippen LogP contribution in [0.2, 0.25) is 0 Å². The first-order valence-electron chi connectivity index (χ1n) is 10.1. The molecule has 9 nitrogen and oxygen atoms in total. The molecule has 1 N–H and O–H groups in total. The molecule has 0 saturated carbocycles. The van der Waals surface area contributed by atoms with Crippen LogP contribution in [0.5, 0.6) is 17.2 Å². The Kier molecular flexibility index (Phi) is 6.21. The summed E-state index contributed by atoms with van der Waals surface area (Å²) in [5.41, 5.74) is 3.79. The van der Waals surface area contributed by atoms with E-state index in [-0.39, 0.29) is 5.91 Å². The molecule has 0 spiro atoms. The van der Waals surface area contributed by atoms with Gasteiger partial charge in [0.05, 0.1) is 27.0 Å². The maximum Gasteiger partial charge on any atom is 0.248 e. The number of nitrogens with one attached hydrogen (secondary N) is 1. The number of fused-ring (bicyclic) bond motifs is 1. The highest BCUT2D eigenvalue weighted by Crippen LogP contribution is 2.38. The number of methoxy groups -OCH3 is 3. The summed E-state index contributed by atoms with van der Waals surface area (Å²) in [5.74, 6) is 1.97. The van der Waals surface area contributed by atoms with Crippen molar-refractivity contribution in [1.82, 2.24) is 19.8 Å². The predicted molar refractivity (Wildman–Crippen MR) is 125 cm³/mol. The van der Waals surface area contributed by atoms with Gasteiger partial charge in [-0.2, -0.15) is 9.61 Å². The molecule has 0 atom stereocenters. The Bertz CT molecular complexity index is 1300. The van der Waals surface area contributed by atoms with Gasteiger partial charge in [0, 0.05) is 17.3 Å². The minimum absolute atomic E-state index is 0.267. The van der Waals surface area contributed by atoms with Crippen molar-refractivity contribution in [2.24, 2.45) is 0 Å². The highest BCUT2D eigenvalue weighted by molar-refractivity contribution is 6.02. The van der Waals surface area contributed by atoms with Gasteiger partial charge in [0.15, 0.2) is 23.0 Å². The Labute approximate surface area is 190 Å². The number of carbonyl (C=O) groups is 1. The number of aryl methyl sites for hydroxylation is 1. The zero-order chi connectivity index (χ0) is 23.4. The zero-order valence-electron chi connectivity index (χ0n) is 18.7. The van der Waals surface area contributed by atoms with E-state index in [4.69, 9.17) is 14.2 Å². The molecule has 33 heavy (non-hydrogen) atoms. The molecule has 0 aliphatic heterocycles. The summed E-state index contributed by atoms with van der Waals surface area (Å²) >= 11 is 0. The van der Waals surface area contributed by atoms with Crippen LogP contribution in [0.1, 0.15) is 11.4 Å². The van der Waals surface area contributed by atoms with Crippen molar-refractivity contribution >= 4 is 23.3 Å². The van der Waals surface area contributed by atoms with Crippen LogP contribution < -0.4 is 19.5 Å². The molecule has 2 heterocycles. The van der Waals surface area contributed by atoms with Crippen molar-refractivity contribution in [3.8, 4) is 28.5 Å². The molecule has 0 aliphatic rings. The van der Waals surface area contributed by atoms with Gasteiger partial charge in [0.2, 0.25) is 11.7 Å². The molecule has 2 aromatic heterocycles. The van der Waals surface area contributed by atoms with E-state index in [0.29, 0.717) is 28.6 Å². The second-order valence-corrected chi connectivity index (χ2v) is 7.09. The fourth-order valence-corrected chi connectivity index (χ4v) is 3.33. The average Bonchev–Trinajstić information content (AvgIpc) is 3.22. The molecule has 1 amide bonds. The van der Waals surface area contributed by atoms with Crippen LogP contribution in [0.25, 0.3) is 23.0 Å². The molecule has 4 rings (SSSR count). The number of ether oxygens (including phenoxy) is 3. The summed E-state index contributed by atoms with van der Waals surface area (Å²) in [4.78, 5) is 12.4. The third-order valence-corrected chi connectivity index (χ3v) is 4.98. The number of hydrogen-bond donors (Lipinski definition) is 1. The van der Waals surface area contributed by atoms with Gasteiger partial charge >= 0.3 is 0 Å². The third-order valence-electron chi connectivity index (χ3n) is 4.98. The number of benzene rings is 2. The lowest BCUT2D eigenvalue weighted by Gasteiger charge is -2.12. The molecule has 9 heteroatoms. The zero-order valence-corrected chi connectivity index (χ0v) is 18.7. The first-order chi connectivity index (χ1) is 16.0. The van der Waals surface area contributed by atoms with Crippen LogP contribution in [-0.2, 0) is 4.79 Å². The maximum absolute atomic E-state index is 12.4. The number of rotatable bonds is 7. The average molecular weight is 445 g/mol. The molecule has 0 bridgehead atoms. The van der Waals surface area contributed by atoms with Crippen molar-refractivity contribution in [3.63, 3.8) is 0 Å². The van der Waals surface area contributed by atoms with E-state index in [1.807, 2.05) is 43.3 Å². The SMILES string of the molecule is COc1cc(/C=C/C(=O)Nc2ccc(-c3ccc4nnc(C)n4n3)cc2)cc(OC)c1OC. The van der Waals surface area contributed by atoms with Gasteiger partial charge in [-0.05, 0) is 55.0 Å². The number of carbonyl (C=O) groups excluding carboxylic acids is 1. The smallest absolute Gasteiger partial charge is 0.248 e. The lowest BCUT2D eigenvalue weighted by molar-refractivity contribution is -0.111. The molecule has 0 unspecified atom stereocenters. The van der Waals surface area contributed by atoms with Crippen LogP contribution in [0.4, 0.5) is 5.69 Å². The van der Waals surface area contributed by atoms with Gasteiger partial charge in [-0.3, -0.25) is 4.79 Å². The second kappa shape index (κ2) is 9.39. The normalized spacial score (nSPS) is 11.0. The lowest BCUT2D eigenvalue weighted by Crippen LogP contribution is -2.07. The Hall–Kier alpha value is -4.40. The Morgan fingerprint density at radius 3 is 2.27 bits per heavy atom. The Morgan fingerprint density at radius 1 is 0.939 bits per heavy atom. The first kappa shape index (κ1) is 21.8. The quantitative estimate of drug-likeness (QED) is 0.432. The van der Waals surface area contributed by atoms with Crippen LogP contribution in [0, 0.1) is 6.92 Å². The van der Waals surface area contributed by atoms with Crippen molar-refractivity contribution < 1.29 is 19.0 Å². The molecule has 0 radical (unpaired) electrons. The largest absolute Gasteiger partial charge is 0.493 e. The summed E-state index contributed by atoms with van der Waals surface area (Å²) in [5, 5.41) is 15.5. The standard InChI is InChI=1S/C24H23N5O4/c1-15-26-27-22-11-10-19(28-29(15)22)17-6-8-18(9-7-17)25-23(30)12-5-16-13-20(31-2)24(33-4)21(14-16)32-3/h5-14H,1-4H3,(H,25,30)/b12-5+. The number of amides is 1. The first-order valence-corrected chi connectivity index (χ1v) is 10.1. The Morgan fingerprint density at radius 2 is 1.64 bits per heavy atom. The van der Waals surface area contributed by atoms with Gasteiger partial charge in [-0.25, -0.2) is 0 Å². The van der Waals surface area contributed by atoms with E-state index in [9.17, 15) is 4.79 Å². The fourth-order valence-electron chi connectivity index (χ4n) is 3.33. The van der Waals surface area contributed by atoms with Gasteiger partial charge in [0.1, 0.15) is 0 Å². The van der Waals surface area contributed by atoms with Crippen molar-refractivity contribution in [2.45, 2.75) is 6.92 Å². The van der Waals surface area contributed by atoms with E-state index in [1.54, 1.807) is 44.1 Å². The van der Waals surface area contributed by atoms with E-state index < -0.39 is 0 Å². The number of hydrogen-bond acceptors (Lipinski definition) is 7. The summed E-state index contributed by atoms with van der Waals surface area (Å²) in [6.07, 6.45) is 3.12. The van der Waals surface area contributed by atoms with Crippen LogP contribution >= 0.6 is 0 Å². The molecule has 2 aromatic carbocycles. The molecule has 0 aliphatic carbocycles. The van der Waals surface area contributed by atoms with Crippen molar-refractivity contribution in [3.05, 3.63) is 66.0 Å². The third kappa shape index (κ3) is 4.62. The molecule has 0 saturated heterocycles. The van der Waals surface area contributed by atoms with E-state index in [1.165, 1.54) is 6.08 Å². The molecular weight excluding hydrogens is 422 g/mol. The van der Waals surface area contributed by atoms with Crippen LogP contribution in [-0.4, -0.2) is 47.0 Å². The molecule has 0 fully saturated rings. The number of anilines is 1. The summed E-state index contributed by atoms with van der Waals surface area (Å²) in [6, 6.07) is 14.7. The summed E-state index contributed by atoms with van der Waals surface area (Å²) < 4.78 is 17.7. The lowest BCUT2D eigenvalue weighted by atomic mass is 10.1. The van der Waals surface area contributed by atoms with Crippen LogP contribution in [0.15, 0.2) is 54.6 Å². The van der Waals surface area contributed by atoms with Gasteiger partial charge in [-0.15, -0.1) is 10.2 Å². The van der Waals surface area contributed by atoms with E-state index >= 15 is 0 Å². The minimum atomic E-state index is -0.267. The van der Waals surface area contributed by atoms with Crippen molar-refractivity contribution in [1.29, 1.82) is 0 Å². The van der Waals surface area contributed by atoms with E-state index in [0.717, 1.165) is 22.6 Å². The van der Waals surface area contributed by atoms with Crippen LogP contribution in [0.3, 0.4) is 0 Å². The predicted octanol–water partition coefficient (Wildman–Crippen LogP) is 3.78.